The molecule has 8 heteroatoms. The molecule has 1 aliphatic heterocycles. The Morgan fingerprint density at radius 2 is 1.93 bits per heavy atom. The average molecular weight is 492 g/mol. The highest BCUT2D eigenvalue weighted by Crippen LogP contribution is 2.32. The summed E-state index contributed by atoms with van der Waals surface area (Å²) in [5.41, 5.74) is 1.15. The molecule has 0 spiro atoms. The number of amides is 1. The van der Waals surface area contributed by atoms with Gasteiger partial charge in [0.25, 0.3) is 5.91 Å². The molecule has 0 bridgehead atoms. The molecule has 146 valence electrons. The van der Waals surface area contributed by atoms with Crippen molar-refractivity contribution < 1.29 is 14.3 Å². The van der Waals surface area contributed by atoms with Crippen LogP contribution >= 0.6 is 22.6 Å². The minimum atomic E-state index is -0.0336. The summed E-state index contributed by atoms with van der Waals surface area (Å²) in [6.45, 7) is 2.58. The molecule has 1 aromatic carbocycles. The number of hydrogen-bond acceptors (Lipinski definition) is 6. The second-order valence-corrected chi connectivity index (χ2v) is 7.47. The zero-order valence-electron chi connectivity index (χ0n) is 15.8. The molecule has 2 heterocycles. The highest BCUT2D eigenvalue weighted by Gasteiger charge is 2.24. The molecular weight excluding hydrogens is 471 g/mol. The highest BCUT2D eigenvalue weighted by atomic mass is 127. The maximum absolute atomic E-state index is 13.1. The summed E-state index contributed by atoms with van der Waals surface area (Å²) in [4.78, 5) is 21.4. The van der Waals surface area contributed by atoms with Crippen LogP contribution in [0.4, 0.5) is 5.82 Å². The molecule has 0 radical (unpaired) electrons. The molecule has 0 unspecified atom stereocenters. The Morgan fingerprint density at radius 3 is 2.64 bits per heavy atom. The number of ether oxygens (including phenoxy) is 2. The predicted octanol–water partition coefficient (Wildman–Crippen LogP) is 2.93. The van der Waals surface area contributed by atoms with Crippen LogP contribution < -0.4 is 14.4 Å². The van der Waals surface area contributed by atoms with Crippen molar-refractivity contribution in [3.63, 3.8) is 0 Å². The summed E-state index contributed by atoms with van der Waals surface area (Å²) in [7, 11) is 3.13. The number of carbonyl (C=O) groups excluding carboxylic acids is 1. The van der Waals surface area contributed by atoms with Crippen LogP contribution in [0, 0.1) is 14.9 Å². The van der Waals surface area contributed by atoms with Gasteiger partial charge in [0, 0.05) is 35.9 Å². The van der Waals surface area contributed by atoms with Crippen LogP contribution in [-0.2, 0) is 0 Å². The predicted molar refractivity (Wildman–Crippen MR) is 114 cm³/mol. The second kappa shape index (κ2) is 9.10. The van der Waals surface area contributed by atoms with Crippen LogP contribution in [0.25, 0.3) is 0 Å². The number of aromatic nitrogens is 1. The van der Waals surface area contributed by atoms with Gasteiger partial charge in [0.1, 0.15) is 11.9 Å². The van der Waals surface area contributed by atoms with Crippen molar-refractivity contribution in [2.24, 2.45) is 0 Å². The summed E-state index contributed by atoms with van der Waals surface area (Å²) in [5.74, 6) is 1.79. The Labute approximate surface area is 178 Å². The van der Waals surface area contributed by atoms with Gasteiger partial charge in [0.05, 0.1) is 25.3 Å². The number of benzene rings is 1. The molecule has 2 aromatic rings. The molecule has 0 saturated carbocycles. The summed E-state index contributed by atoms with van der Waals surface area (Å²) in [6.07, 6.45) is 2.49. The number of halogens is 1. The van der Waals surface area contributed by atoms with Crippen LogP contribution in [0.3, 0.4) is 0 Å². The third kappa shape index (κ3) is 4.14. The number of nitrogens with zero attached hydrogens (tertiary/aromatic N) is 4. The molecule has 1 fully saturated rings. The van der Waals surface area contributed by atoms with E-state index in [-0.39, 0.29) is 5.91 Å². The van der Waals surface area contributed by atoms with E-state index in [0.717, 1.165) is 16.5 Å². The fourth-order valence-electron chi connectivity index (χ4n) is 3.26. The summed E-state index contributed by atoms with van der Waals surface area (Å²) in [5, 5.41) is 9.33. The summed E-state index contributed by atoms with van der Waals surface area (Å²) in [6, 6.07) is 9.26. The maximum Gasteiger partial charge on any atom is 0.255 e. The van der Waals surface area contributed by atoms with Crippen molar-refractivity contribution in [3.05, 3.63) is 45.2 Å². The number of anilines is 1. The lowest BCUT2D eigenvalue weighted by Gasteiger charge is -2.24. The van der Waals surface area contributed by atoms with E-state index in [2.05, 4.69) is 38.5 Å². The Balaban J connectivity index is 1.79. The van der Waals surface area contributed by atoms with Gasteiger partial charge in [-0.05, 0) is 53.3 Å². The van der Waals surface area contributed by atoms with Gasteiger partial charge in [-0.3, -0.25) is 4.79 Å². The number of hydrogen-bond donors (Lipinski definition) is 0. The second-order valence-electron chi connectivity index (χ2n) is 6.31. The molecule has 28 heavy (non-hydrogen) atoms. The van der Waals surface area contributed by atoms with Crippen molar-refractivity contribution in [2.75, 3.05) is 45.3 Å². The number of pyridine rings is 1. The lowest BCUT2D eigenvalue weighted by Crippen LogP contribution is -2.36. The van der Waals surface area contributed by atoms with Crippen molar-refractivity contribution >= 4 is 34.3 Å². The highest BCUT2D eigenvalue weighted by molar-refractivity contribution is 14.1. The van der Waals surface area contributed by atoms with Gasteiger partial charge in [-0.15, -0.1) is 0 Å². The lowest BCUT2D eigenvalue weighted by molar-refractivity contribution is 0.0765. The first-order chi connectivity index (χ1) is 13.6. The number of nitriles is 1. The molecular formula is C20H21IN4O3. The quantitative estimate of drug-likeness (QED) is 0.611. The van der Waals surface area contributed by atoms with Gasteiger partial charge in [-0.2, -0.15) is 5.26 Å². The smallest absolute Gasteiger partial charge is 0.255 e. The van der Waals surface area contributed by atoms with Crippen molar-refractivity contribution in [2.45, 2.75) is 6.42 Å². The Kier molecular flexibility index (Phi) is 6.57. The molecule has 7 nitrogen and oxygen atoms in total. The van der Waals surface area contributed by atoms with E-state index < -0.39 is 0 Å². The molecule has 1 saturated heterocycles. The first-order valence-electron chi connectivity index (χ1n) is 8.90. The Hall–Kier alpha value is -2.54. The van der Waals surface area contributed by atoms with E-state index in [1.807, 2.05) is 11.0 Å². The Morgan fingerprint density at radius 1 is 1.18 bits per heavy atom. The number of rotatable bonds is 4. The van der Waals surface area contributed by atoms with Gasteiger partial charge in [0.2, 0.25) is 0 Å². The van der Waals surface area contributed by atoms with Crippen LogP contribution in [0.2, 0.25) is 0 Å². The SMILES string of the molecule is COc1cc(I)c(C(=O)N2CCCN(c3ncccc3C#N)CC2)cc1OC. The van der Waals surface area contributed by atoms with Gasteiger partial charge in [-0.25, -0.2) is 4.98 Å². The van der Waals surface area contributed by atoms with E-state index in [4.69, 9.17) is 9.47 Å². The van der Waals surface area contributed by atoms with Crippen molar-refractivity contribution in [1.29, 1.82) is 5.26 Å². The average Bonchev–Trinajstić information content (AvgIpc) is 2.99. The van der Waals surface area contributed by atoms with E-state index >= 15 is 0 Å². The standard InChI is InChI=1S/C20H21IN4O3/c1-27-17-11-15(16(21)12-18(17)28-2)20(26)25-8-4-7-24(9-10-25)19-14(13-22)5-3-6-23-19/h3,5-6,11-12H,4,7-10H2,1-2H3. The molecule has 3 rings (SSSR count). The molecule has 1 aliphatic rings. The van der Waals surface area contributed by atoms with Crippen molar-refractivity contribution in [1.82, 2.24) is 9.88 Å². The van der Waals surface area contributed by atoms with Gasteiger partial charge in [0.15, 0.2) is 11.5 Å². The van der Waals surface area contributed by atoms with Crippen LogP contribution in [0.5, 0.6) is 11.5 Å². The molecule has 1 amide bonds. The van der Waals surface area contributed by atoms with Crippen LogP contribution in [0.1, 0.15) is 22.3 Å². The fraction of sp³-hybridized carbons (Fsp3) is 0.350. The zero-order chi connectivity index (χ0) is 20.1. The van der Waals surface area contributed by atoms with Crippen molar-refractivity contribution in [3.8, 4) is 17.6 Å². The minimum Gasteiger partial charge on any atom is -0.493 e. The first-order valence-corrected chi connectivity index (χ1v) is 9.97. The molecule has 1 aromatic heterocycles. The Bertz CT molecular complexity index is 913. The molecule has 0 N–H and O–H groups in total. The molecule has 0 atom stereocenters. The van der Waals surface area contributed by atoms with Gasteiger partial charge >= 0.3 is 0 Å². The topological polar surface area (TPSA) is 78.7 Å². The van der Waals surface area contributed by atoms with Gasteiger partial charge < -0.3 is 19.3 Å². The lowest BCUT2D eigenvalue weighted by atomic mass is 10.1. The van der Waals surface area contributed by atoms with E-state index in [0.29, 0.717) is 48.1 Å². The summed E-state index contributed by atoms with van der Waals surface area (Å²) >= 11 is 2.15. The minimum absolute atomic E-state index is 0.0336. The zero-order valence-corrected chi connectivity index (χ0v) is 18.0. The largest absolute Gasteiger partial charge is 0.493 e. The normalized spacial score (nSPS) is 14.2. The van der Waals surface area contributed by atoms with E-state index in [1.54, 1.807) is 38.6 Å². The fourth-order valence-corrected chi connectivity index (χ4v) is 3.93. The number of methoxy groups -OCH3 is 2. The summed E-state index contributed by atoms with van der Waals surface area (Å²) < 4.78 is 11.5. The maximum atomic E-state index is 13.1. The van der Waals surface area contributed by atoms with Crippen LogP contribution in [0.15, 0.2) is 30.5 Å². The van der Waals surface area contributed by atoms with E-state index in [9.17, 15) is 10.1 Å². The first kappa shape index (κ1) is 20.2. The third-order valence-electron chi connectivity index (χ3n) is 4.69. The molecule has 0 aliphatic carbocycles. The number of carbonyl (C=O) groups is 1. The monoisotopic (exact) mass is 492 g/mol. The van der Waals surface area contributed by atoms with E-state index in [1.165, 1.54) is 0 Å². The third-order valence-corrected chi connectivity index (χ3v) is 5.59. The van der Waals surface area contributed by atoms with Gasteiger partial charge in [-0.1, -0.05) is 0 Å². The van der Waals surface area contributed by atoms with Crippen LogP contribution in [-0.4, -0.2) is 56.2 Å².